The molecule has 0 aromatic heterocycles. The molecule has 2 amide bonds. The van der Waals surface area contributed by atoms with Gasteiger partial charge in [-0.2, -0.15) is 0 Å². The molecule has 130 valence electrons. The van der Waals surface area contributed by atoms with E-state index in [1.54, 1.807) is 4.90 Å². The van der Waals surface area contributed by atoms with E-state index in [4.69, 9.17) is 27.9 Å². The Balaban J connectivity index is 1.73. The van der Waals surface area contributed by atoms with E-state index >= 15 is 0 Å². The molecule has 1 N–H and O–H groups in total. The minimum Gasteiger partial charge on any atom is -0.454 e. The number of likely N-dealkylation sites (tertiary alicyclic amines) is 1. The van der Waals surface area contributed by atoms with Gasteiger partial charge in [0, 0.05) is 18.7 Å². The smallest absolute Gasteiger partial charge is 0.325 e. The lowest BCUT2D eigenvalue weighted by Crippen LogP contribution is -2.39. The van der Waals surface area contributed by atoms with Gasteiger partial charge in [0.2, 0.25) is 0 Å². The normalized spacial score (nSPS) is 14.2. The second kappa shape index (κ2) is 8.89. The number of hydrogen-bond acceptors (Lipinski definition) is 4. The SMILES string of the molecule is O=C(CNC(=O)c1ccc(Cl)c(Cl)c1)OCC(=O)N1CCCCC1. The molecule has 2 rings (SSSR count). The Kier molecular flexibility index (Phi) is 6.87. The molecule has 0 spiro atoms. The maximum absolute atomic E-state index is 11.9. The first-order chi connectivity index (χ1) is 11.5. The molecule has 1 aliphatic heterocycles. The summed E-state index contributed by atoms with van der Waals surface area (Å²) in [7, 11) is 0. The molecule has 0 aliphatic carbocycles. The molecule has 0 atom stereocenters. The van der Waals surface area contributed by atoms with Gasteiger partial charge >= 0.3 is 5.97 Å². The highest BCUT2D eigenvalue weighted by Gasteiger charge is 2.18. The van der Waals surface area contributed by atoms with Crippen LogP contribution in [0.2, 0.25) is 10.0 Å². The number of esters is 1. The van der Waals surface area contributed by atoms with Crippen molar-refractivity contribution >= 4 is 41.0 Å². The fraction of sp³-hybridized carbons (Fsp3) is 0.438. The summed E-state index contributed by atoms with van der Waals surface area (Å²) >= 11 is 11.6. The first-order valence-electron chi connectivity index (χ1n) is 7.64. The second-order valence-corrected chi connectivity index (χ2v) is 6.23. The zero-order chi connectivity index (χ0) is 17.5. The van der Waals surface area contributed by atoms with Gasteiger partial charge < -0.3 is 15.0 Å². The molecule has 1 fully saturated rings. The van der Waals surface area contributed by atoms with Crippen LogP contribution in [0.3, 0.4) is 0 Å². The van der Waals surface area contributed by atoms with Gasteiger partial charge in [-0.15, -0.1) is 0 Å². The number of carbonyl (C=O) groups excluding carboxylic acids is 3. The Morgan fingerprint density at radius 3 is 2.46 bits per heavy atom. The van der Waals surface area contributed by atoms with Crippen LogP contribution in [0, 0.1) is 0 Å². The standard InChI is InChI=1S/C16H18Cl2N2O4/c17-12-5-4-11(8-13(12)18)16(23)19-9-15(22)24-10-14(21)20-6-2-1-3-7-20/h4-5,8H,1-3,6-7,9-10H2,(H,19,23). The van der Waals surface area contributed by atoms with E-state index in [2.05, 4.69) is 5.32 Å². The minimum atomic E-state index is -0.672. The molecule has 1 saturated heterocycles. The number of nitrogens with zero attached hydrogens (tertiary/aromatic N) is 1. The highest BCUT2D eigenvalue weighted by molar-refractivity contribution is 6.42. The molecule has 0 saturated carbocycles. The van der Waals surface area contributed by atoms with Crippen molar-refractivity contribution < 1.29 is 19.1 Å². The Morgan fingerprint density at radius 1 is 1.08 bits per heavy atom. The van der Waals surface area contributed by atoms with Crippen molar-refractivity contribution in [3.8, 4) is 0 Å². The van der Waals surface area contributed by atoms with Crippen LogP contribution in [-0.4, -0.2) is 48.9 Å². The summed E-state index contributed by atoms with van der Waals surface area (Å²) in [4.78, 5) is 37.1. The molecular weight excluding hydrogens is 355 g/mol. The van der Waals surface area contributed by atoms with E-state index in [1.807, 2.05) is 0 Å². The Morgan fingerprint density at radius 2 is 1.79 bits per heavy atom. The quantitative estimate of drug-likeness (QED) is 0.804. The lowest BCUT2D eigenvalue weighted by molar-refractivity contribution is -0.151. The van der Waals surface area contributed by atoms with Crippen molar-refractivity contribution in [2.45, 2.75) is 19.3 Å². The van der Waals surface area contributed by atoms with E-state index < -0.39 is 11.9 Å². The molecular formula is C16H18Cl2N2O4. The number of hydrogen-bond donors (Lipinski definition) is 1. The number of halogens is 2. The lowest BCUT2D eigenvalue weighted by Gasteiger charge is -2.26. The van der Waals surface area contributed by atoms with Crippen molar-refractivity contribution in [1.82, 2.24) is 10.2 Å². The number of carbonyl (C=O) groups is 3. The predicted octanol–water partition coefficient (Wildman–Crippen LogP) is 2.28. The largest absolute Gasteiger partial charge is 0.454 e. The van der Waals surface area contributed by atoms with Crippen molar-refractivity contribution in [2.24, 2.45) is 0 Å². The molecule has 0 radical (unpaired) electrons. The van der Waals surface area contributed by atoms with E-state index in [-0.39, 0.29) is 29.6 Å². The number of benzene rings is 1. The van der Waals surface area contributed by atoms with Crippen molar-refractivity contribution in [3.63, 3.8) is 0 Å². The average molecular weight is 373 g/mol. The maximum atomic E-state index is 11.9. The fourth-order valence-electron chi connectivity index (χ4n) is 2.32. The third-order valence-electron chi connectivity index (χ3n) is 3.64. The first-order valence-corrected chi connectivity index (χ1v) is 8.39. The van der Waals surface area contributed by atoms with Crippen LogP contribution in [0.1, 0.15) is 29.6 Å². The predicted molar refractivity (Wildman–Crippen MR) is 90.2 cm³/mol. The van der Waals surface area contributed by atoms with E-state index in [1.165, 1.54) is 18.2 Å². The maximum Gasteiger partial charge on any atom is 0.325 e. The summed E-state index contributed by atoms with van der Waals surface area (Å²) in [6.07, 6.45) is 3.06. The Bertz CT molecular complexity index is 631. The van der Waals surface area contributed by atoms with Gasteiger partial charge in [0.15, 0.2) is 6.61 Å². The highest BCUT2D eigenvalue weighted by atomic mass is 35.5. The average Bonchev–Trinajstić information content (AvgIpc) is 2.60. The lowest BCUT2D eigenvalue weighted by atomic mass is 10.1. The molecule has 1 aromatic rings. The van der Waals surface area contributed by atoms with Crippen molar-refractivity contribution in [1.29, 1.82) is 0 Å². The van der Waals surface area contributed by atoms with Crippen LogP contribution < -0.4 is 5.32 Å². The molecule has 24 heavy (non-hydrogen) atoms. The van der Waals surface area contributed by atoms with Gasteiger partial charge in [0.1, 0.15) is 6.54 Å². The second-order valence-electron chi connectivity index (χ2n) is 5.41. The number of amides is 2. The molecule has 8 heteroatoms. The summed E-state index contributed by atoms with van der Waals surface area (Å²) in [5.74, 6) is -1.36. The van der Waals surface area contributed by atoms with Gasteiger partial charge in [-0.1, -0.05) is 23.2 Å². The summed E-state index contributed by atoms with van der Waals surface area (Å²) in [5.41, 5.74) is 0.279. The van der Waals surface area contributed by atoms with Crippen LogP contribution in [0.5, 0.6) is 0 Å². The van der Waals surface area contributed by atoms with E-state index in [0.29, 0.717) is 18.1 Å². The van der Waals surface area contributed by atoms with Crippen LogP contribution in [0.15, 0.2) is 18.2 Å². The number of ether oxygens (including phenoxy) is 1. The summed E-state index contributed by atoms with van der Waals surface area (Å²) < 4.78 is 4.89. The molecule has 0 unspecified atom stereocenters. The van der Waals surface area contributed by atoms with Gasteiger partial charge in [-0.3, -0.25) is 14.4 Å². The first kappa shape index (κ1) is 18.5. The van der Waals surface area contributed by atoms with Crippen molar-refractivity contribution in [2.75, 3.05) is 26.2 Å². The van der Waals surface area contributed by atoms with E-state index in [0.717, 1.165) is 19.3 Å². The summed E-state index contributed by atoms with van der Waals surface area (Å²) in [6, 6.07) is 4.40. The minimum absolute atomic E-state index is 0.209. The Hall–Kier alpha value is -1.79. The van der Waals surface area contributed by atoms with Crippen LogP contribution in [-0.2, 0) is 14.3 Å². The van der Waals surface area contributed by atoms with Gasteiger partial charge in [-0.25, -0.2) is 0 Å². The van der Waals surface area contributed by atoms with Gasteiger partial charge in [0.05, 0.1) is 10.0 Å². The molecule has 1 heterocycles. The van der Waals surface area contributed by atoms with Gasteiger partial charge in [-0.05, 0) is 37.5 Å². The number of piperidine rings is 1. The van der Waals surface area contributed by atoms with Crippen LogP contribution in [0.4, 0.5) is 0 Å². The topological polar surface area (TPSA) is 75.7 Å². The molecule has 1 aromatic carbocycles. The van der Waals surface area contributed by atoms with Crippen LogP contribution >= 0.6 is 23.2 Å². The van der Waals surface area contributed by atoms with E-state index in [9.17, 15) is 14.4 Å². The molecule has 0 bridgehead atoms. The van der Waals surface area contributed by atoms with Gasteiger partial charge in [0.25, 0.3) is 11.8 Å². The Labute approximate surface area is 150 Å². The van der Waals surface area contributed by atoms with Crippen molar-refractivity contribution in [3.05, 3.63) is 33.8 Å². The molecule has 1 aliphatic rings. The summed E-state index contributed by atoms with van der Waals surface area (Å²) in [6.45, 7) is 0.767. The zero-order valence-corrected chi connectivity index (χ0v) is 14.5. The monoisotopic (exact) mass is 372 g/mol. The molecule has 6 nitrogen and oxygen atoms in total. The zero-order valence-electron chi connectivity index (χ0n) is 13.0. The number of rotatable bonds is 5. The fourth-order valence-corrected chi connectivity index (χ4v) is 2.62. The third-order valence-corrected chi connectivity index (χ3v) is 4.38. The van der Waals surface area contributed by atoms with Crippen LogP contribution in [0.25, 0.3) is 0 Å². The highest BCUT2D eigenvalue weighted by Crippen LogP contribution is 2.22. The number of nitrogens with one attached hydrogen (secondary N) is 1. The third kappa shape index (κ3) is 5.39. The summed E-state index contributed by atoms with van der Waals surface area (Å²) in [5, 5.41) is 2.99.